The molecule has 1 amide bonds. The highest BCUT2D eigenvalue weighted by Crippen LogP contribution is 2.17. The molecular weight excluding hydrogens is 306 g/mol. The summed E-state index contributed by atoms with van der Waals surface area (Å²) in [5.41, 5.74) is 0. The first kappa shape index (κ1) is 21.1. The van der Waals surface area contributed by atoms with Crippen molar-refractivity contribution in [2.75, 3.05) is 46.3 Å². The van der Waals surface area contributed by atoms with E-state index in [9.17, 15) is 18.0 Å². The van der Waals surface area contributed by atoms with Crippen LogP contribution in [0, 0.1) is 0 Å². The molecule has 116 valence electrons. The normalized spacial score (nSPS) is 16.5. The Bertz CT molecular complexity index is 259. The van der Waals surface area contributed by atoms with Gasteiger partial charge in [0.2, 0.25) is 5.91 Å². The lowest BCUT2D eigenvalue weighted by molar-refractivity contribution is -0.151. The van der Waals surface area contributed by atoms with Crippen LogP contribution in [-0.2, 0) is 4.79 Å². The van der Waals surface area contributed by atoms with E-state index in [0.717, 1.165) is 0 Å². The van der Waals surface area contributed by atoms with Crippen LogP contribution >= 0.6 is 24.8 Å². The first-order valence-corrected chi connectivity index (χ1v) is 5.64. The molecule has 1 rings (SSSR count). The number of nitrogens with zero attached hydrogens (tertiary/aromatic N) is 2. The van der Waals surface area contributed by atoms with Crippen LogP contribution in [0.2, 0.25) is 0 Å². The van der Waals surface area contributed by atoms with Gasteiger partial charge >= 0.3 is 6.18 Å². The summed E-state index contributed by atoms with van der Waals surface area (Å²) in [7, 11) is 1.76. The molecule has 1 fully saturated rings. The number of rotatable bonds is 4. The number of carbonyl (C=O) groups is 1. The predicted molar refractivity (Wildman–Crippen MR) is 72.1 cm³/mol. The fourth-order valence-electron chi connectivity index (χ4n) is 1.80. The van der Waals surface area contributed by atoms with Gasteiger partial charge in [-0.25, -0.2) is 0 Å². The van der Waals surface area contributed by atoms with E-state index in [-0.39, 0.29) is 30.7 Å². The van der Waals surface area contributed by atoms with E-state index in [1.807, 2.05) is 0 Å². The largest absolute Gasteiger partial charge is 0.401 e. The lowest BCUT2D eigenvalue weighted by Gasteiger charge is -2.35. The van der Waals surface area contributed by atoms with Crippen LogP contribution in [0.15, 0.2) is 0 Å². The van der Waals surface area contributed by atoms with Crippen molar-refractivity contribution in [3.05, 3.63) is 0 Å². The van der Waals surface area contributed by atoms with Gasteiger partial charge < -0.3 is 10.2 Å². The number of hydrogen-bond acceptors (Lipinski definition) is 3. The zero-order chi connectivity index (χ0) is 12.9. The Hall–Kier alpha value is -0.240. The summed E-state index contributed by atoms with van der Waals surface area (Å²) in [6.07, 6.45) is -3.76. The maximum atomic E-state index is 12.1. The van der Waals surface area contributed by atoms with Gasteiger partial charge in [0.05, 0.1) is 6.54 Å². The lowest BCUT2D eigenvalue weighted by atomic mass is 10.2. The Balaban J connectivity index is 0. The number of nitrogens with one attached hydrogen (secondary N) is 1. The number of hydrogen-bond donors (Lipinski definition) is 1. The first-order chi connectivity index (χ1) is 7.92. The molecule has 0 saturated carbocycles. The van der Waals surface area contributed by atoms with Crippen LogP contribution in [0.3, 0.4) is 0 Å². The van der Waals surface area contributed by atoms with Crippen molar-refractivity contribution < 1.29 is 18.0 Å². The van der Waals surface area contributed by atoms with E-state index in [1.165, 1.54) is 4.90 Å². The predicted octanol–water partition coefficient (Wildman–Crippen LogP) is 1.15. The Kier molecular flexibility index (Phi) is 10.7. The van der Waals surface area contributed by atoms with Crippen LogP contribution in [0.5, 0.6) is 0 Å². The third-order valence-electron chi connectivity index (χ3n) is 2.72. The molecule has 1 saturated heterocycles. The number of amides is 1. The quantitative estimate of drug-likeness (QED) is 0.842. The number of piperazine rings is 1. The Morgan fingerprint density at radius 1 is 1.16 bits per heavy atom. The van der Waals surface area contributed by atoms with Crippen molar-refractivity contribution in [3.63, 3.8) is 0 Å². The molecule has 0 bridgehead atoms. The van der Waals surface area contributed by atoms with Gasteiger partial charge in [-0.2, -0.15) is 13.2 Å². The molecule has 0 spiro atoms. The standard InChI is InChI=1S/C10H18F3N3O.2ClH/c1-14-3-2-9(17)16-6-4-15(5-7-16)8-10(11,12)13;;/h14H,2-8H2,1H3;2*1H. The molecule has 1 aliphatic heterocycles. The summed E-state index contributed by atoms with van der Waals surface area (Å²) in [5, 5.41) is 2.87. The monoisotopic (exact) mass is 325 g/mol. The van der Waals surface area contributed by atoms with Crippen molar-refractivity contribution in [3.8, 4) is 0 Å². The molecule has 1 aliphatic rings. The van der Waals surface area contributed by atoms with Gasteiger partial charge in [-0.3, -0.25) is 9.69 Å². The van der Waals surface area contributed by atoms with Crippen LogP contribution in [-0.4, -0.2) is 68.2 Å². The molecule has 0 atom stereocenters. The highest BCUT2D eigenvalue weighted by Gasteiger charge is 2.32. The number of halogens is 5. The molecule has 0 unspecified atom stereocenters. The van der Waals surface area contributed by atoms with Crippen molar-refractivity contribution in [1.29, 1.82) is 0 Å². The maximum absolute atomic E-state index is 12.1. The minimum absolute atomic E-state index is 0. The van der Waals surface area contributed by atoms with Gasteiger partial charge in [0.1, 0.15) is 0 Å². The Morgan fingerprint density at radius 3 is 2.11 bits per heavy atom. The summed E-state index contributed by atoms with van der Waals surface area (Å²) in [4.78, 5) is 14.6. The fourth-order valence-corrected chi connectivity index (χ4v) is 1.80. The molecule has 1 heterocycles. The Labute approximate surface area is 123 Å². The Morgan fingerprint density at radius 2 is 1.68 bits per heavy atom. The average Bonchev–Trinajstić information content (AvgIpc) is 2.24. The topological polar surface area (TPSA) is 35.6 Å². The van der Waals surface area contributed by atoms with E-state index >= 15 is 0 Å². The summed E-state index contributed by atoms with van der Waals surface area (Å²) in [5.74, 6) is 0.00556. The zero-order valence-electron chi connectivity index (χ0n) is 10.7. The van der Waals surface area contributed by atoms with Crippen molar-refractivity contribution in [2.45, 2.75) is 12.6 Å². The van der Waals surface area contributed by atoms with Crippen molar-refractivity contribution in [1.82, 2.24) is 15.1 Å². The van der Waals surface area contributed by atoms with Gasteiger partial charge in [0, 0.05) is 39.1 Å². The maximum Gasteiger partial charge on any atom is 0.401 e. The molecule has 1 N–H and O–H groups in total. The van der Waals surface area contributed by atoms with Gasteiger partial charge in [-0.15, -0.1) is 24.8 Å². The molecule has 0 aromatic carbocycles. The molecule has 19 heavy (non-hydrogen) atoms. The number of alkyl halides is 3. The third-order valence-corrected chi connectivity index (χ3v) is 2.72. The summed E-state index contributed by atoms with van der Waals surface area (Å²) in [6.45, 7) is 1.08. The smallest absolute Gasteiger partial charge is 0.340 e. The van der Waals surface area contributed by atoms with E-state index in [2.05, 4.69) is 5.32 Å². The second-order valence-corrected chi connectivity index (χ2v) is 4.13. The van der Waals surface area contributed by atoms with Crippen LogP contribution in [0.1, 0.15) is 6.42 Å². The summed E-state index contributed by atoms with van der Waals surface area (Å²) in [6, 6.07) is 0. The zero-order valence-corrected chi connectivity index (χ0v) is 12.3. The number of carbonyl (C=O) groups excluding carboxylic acids is 1. The third kappa shape index (κ3) is 8.52. The molecule has 9 heteroatoms. The van der Waals surface area contributed by atoms with Crippen LogP contribution in [0.4, 0.5) is 13.2 Å². The van der Waals surface area contributed by atoms with E-state index in [4.69, 9.17) is 0 Å². The average molecular weight is 326 g/mol. The van der Waals surface area contributed by atoms with Gasteiger partial charge in [0.15, 0.2) is 0 Å². The SMILES string of the molecule is CNCCC(=O)N1CCN(CC(F)(F)F)CC1.Cl.Cl. The summed E-state index contributed by atoms with van der Waals surface area (Å²) >= 11 is 0. The lowest BCUT2D eigenvalue weighted by Crippen LogP contribution is -2.51. The molecule has 0 aliphatic carbocycles. The first-order valence-electron chi connectivity index (χ1n) is 5.64. The highest BCUT2D eigenvalue weighted by atomic mass is 35.5. The molecule has 0 aromatic heterocycles. The van der Waals surface area contributed by atoms with E-state index in [1.54, 1.807) is 11.9 Å². The second kappa shape index (κ2) is 9.63. The highest BCUT2D eigenvalue weighted by molar-refractivity contribution is 5.85. The molecule has 0 aromatic rings. The summed E-state index contributed by atoms with van der Waals surface area (Å²) < 4.78 is 36.4. The minimum atomic E-state index is -4.15. The van der Waals surface area contributed by atoms with E-state index in [0.29, 0.717) is 39.1 Å². The van der Waals surface area contributed by atoms with Crippen LogP contribution in [0.25, 0.3) is 0 Å². The minimum Gasteiger partial charge on any atom is -0.340 e. The van der Waals surface area contributed by atoms with Gasteiger partial charge in [-0.1, -0.05) is 0 Å². The fraction of sp³-hybridized carbons (Fsp3) is 0.900. The van der Waals surface area contributed by atoms with Crippen molar-refractivity contribution in [2.24, 2.45) is 0 Å². The molecular formula is C10H20Cl2F3N3O. The van der Waals surface area contributed by atoms with Gasteiger partial charge in [-0.05, 0) is 7.05 Å². The van der Waals surface area contributed by atoms with E-state index < -0.39 is 12.7 Å². The molecule has 4 nitrogen and oxygen atoms in total. The van der Waals surface area contributed by atoms with Gasteiger partial charge in [0.25, 0.3) is 0 Å². The second-order valence-electron chi connectivity index (χ2n) is 4.13. The van der Waals surface area contributed by atoms with Crippen molar-refractivity contribution >= 4 is 30.7 Å². The molecule has 0 radical (unpaired) electrons. The van der Waals surface area contributed by atoms with Crippen LogP contribution < -0.4 is 5.32 Å².